The summed E-state index contributed by atoms with van der Waals surface area (Å²) in [6.45, 7) is 4.18. The van der Waals surface area contributed by atoms with Gasteiger partial charge in [0.05, 0.1) is 11.5 Å². The summed E-state index contributed by atoms with van der Waals surface area (Å²) in [7, 11) is 1.62. The molecule has 0 aliphatic heterocycles. The second-order valence-corrected chi connectivity index (χ2v) is 6.38. The summed E-state index contributed by atoms with van der Waals surface area (Å²) in [5, 5.41) is 13.4. The van der Waals surface area contributed by atoms with Crippen molar-refractivity contribution in [2.24, 2.45) is 0 Å². The first-order valence-electron chi connectivity index (χ1n) is 8.78. The summed E-state index contributed by atoms with van der Waals surface area (Å²) >= 11 is 0. The maximum Gasteiger partial charge on any atom is 0.270 e. The van der Waals surface area contributed by atoms with Gasteiger partial charge in [-0.3, -0.25) is 19.7 Å². The number of ether oxygens (including phenoxy) is 1. The standard InChI is InChI=1S/C20H23N3O5/c1-14-7-4-5-10-18(14)28-12-11-22(3)20(25)15(2)21-19(24)16-8-6-9-17(13-16)23(26)27/h4-10,13,15H,11-12H2,1-3H3,(H,21,24)/t15-/m0/s1. The summed E-state index contributed by atoms with van der Waals surface area (Å²) < 4.78 is 5.68. The number of nitro groups is 1. The fraction of sp³-hybridized carbons (Fsp3) is 0.300. The Balaban J connectivity index is 1.87. The molecule has 0 radical (unpaired) electrons. The molecule has 0 aromatic heterocycles. The maximum atomic E-state index is 12.4. The third kappa shape index (κ3) is 5.54. The molecule has 0 fully saturated rings. The molecule has 2 aromatic carbocycles. The third-order valence-corrected chi connectivity index (χ3v) is 4.19. The fourth-order valence-electron chi connectivity index (χ4n) is 2.55. The Labute approximate surface area is 163 Å². The highest BCUT2D eigenvalue weighted by atomic mass is 16.6. The number of nitrogens with one attached hydrogen (secondary N) is 1. The average molecular weight is 385 g/mol. The van der Waals surface area contributed by atoms with Gasteiger partial charge in [0, 0.05) is 24.7 Å². The Morgan fingerprint density at radius 3 is 2.61 bits per heavy atom. The van der Waals surface area contributed by atoms with Crippen molar-refractivity contribution in [3.05, 3.63) is 69.8 Å². The van der Waals surface area contributed by atoms with Crippen molar-refractivity contribution in [3.63, 3.8) is 0 Å². The first kappa shape index (κ1) is 20.9. The first-order valence-corrected chi connectivity index (χ1v) is 8.78. The van der Waals surface area contributed by atoms with Gasteiger partial charge in [-0.05, 0) is 31.5 Å². The highest BCUT2D eigenvalue weighted by Gasteiger charge is 2.21. The summed E-state index contributed by atoms with van der Waals surface area (Å²) in [6, 6.07) is 12.2. The zero-order chi connectivity index (χ0) is 20.7. The number of aryl methyl sites for hydroxylation is 1. The van der Waals surface area contributed by atoms with Gasteiger partial charge in [-0.1, -0.05) is 24.3 Å². The summed E-state index contributed by atoms with van der Waals surface area (Å²) in [5.74, 6) is -0.0725. The van der Waals surface area contributed by atoms with Crippen LogP contribution in [-0.4, -0.2) is 47.9 Å². The van der Waals surface area contributed by atoms with Gasteiger partial charge in [0.25, 0.3) is 11.6 Å². The van der Waals surface area contributed by atoms with Crippen molar-refractivity contribution in [2.45, 2.75) is 19.9 Å². The van der Waals surface area contributed by atoms with E-state index >= 15 is 0 Å². The van der Waals surface area contributed by atoms with Gasteiger partial charge in [0.2, 0.25) is 5.91 Å². The number of hydrogen-bond acceptors (Lipinski definition) is 5. The molecule has 0 saturated carbocycles. The number of carbonyl (C=O) groups excluding carboxylic acids is 2. The molecule has 0 aliphatic rings. The van der Waals surface area contributed by atoms with Crippen LogP contribution >= 0.6 is 0 Å². The van der Waals surface area contributed by atoms with Crippen LogP contribution in [0.2, 0.25) is 0 Å². The number of likely N-dealkylation sites (N-methyl/N-ethyl adjacent to an activating group) is 1. The van der Waals surface area contributed by atoms with Gasteiger partial charge >= 0.3 is 0 Å². The molecule has 0 heterocycles. The zero-order valence-corrected chi connectivity index (χ0v) is 16.0. The number of rotatable bonds is 8. The second-order valence-electron chi connectivity index (χ2n) is 6.38. The maximum absolute atomic E-state index is 12.4. The lowest BCUT2D eigenvalue weighted by molar-refractivity contribution is -0.384. The molecule has 2 aromatic rings. The van der Waals surface area contributed by atoms with Crippen LogP contribution < -0.4 is 10.1 Å². The molecule has 0 unspecified atom stereocenters. The number of carbonyl (C=O) groups is 2. The van der Waals surface area contributed by atoms with Crippen LogP contribution in [0.1, 0.15) is 22.8 Å². The SMILES string of the molecule is Cc1ccccc1OCCN(C)C(=O)[C@H](C)NC(=O)c1cccc([N+](=O)[O-])c1. The minimum atomic E-state index is -0.782. The van der Waals surface area contributed by atoms with Crippen molar-refractivity contribution < 1.29 is 19.2 Å². The molecule has 148 valence electrons. The van der Waals surface area contributed by atoms with E-state index in [1.165, 1.54) is 29.2 Å². The molecule has 8 heteroatoms. The average Bonchev–Trinajstić information content (AvgIpc) is 2.68. The number of benzene rings is 2. The van der Waals surface area contributed by atoms with Crippen molar-refractivity contribution in [2.75, 3.05) is 20.2 Å². The normalized spacial score (nSPS) is 11.4. The number of amides is 2. The predicted molar refractivity (Wildman–Crippen MR) is 104 cm³/mol. The van der Waals surface area contributed by atoms with E-state index < -0.39 is 16.9 Å². The van der Waals surface area contributed by atoms with Crippen molar-refractivity contribution in [1.82, 2.24) is 10.2 Å². The van der Waals surface area contributed by atoms with Crippen LogP contribution in [0.5, 0.6) is 5.75 Å². The molecule has 0 aliphatic carbocycles. The van der Waals surface area contributed by atoms with Crippen LogP contribution in [0.3, 0.4) is 0 Å². The fourth-order valence-corrected chi connectivity index (χ4v) is 2.55. The van der Waals surface area contributed by atoms with Crippen molar-refractivity contribution in [1.29, 1.82) is 0 Å². The topological polar surface area (TPSA) is 102 Å². The van der Waals surface area contributed by atoms with Gasteiger partial charge in [-0.25, -0.2) is 0 Å². The quantitative estimate of drug-likeness (QED) is 0.556. The van der Waals surface area contributed by atoms with Gasteiger partial charge in [0.15, 0.2) is 0 Å². The van der Waals surface area contributed by atoms with E-state index in [1.54, 1.807) is 14.0 Å². The predicted octanol–water partition coefficient (Wildman–Crippen LogP) is 2.56. The summed E-state index contributed by atoms with van der Waals surface area (Å²) in [5.41, 5.74) is 0.950. The summed E-state index contributed by atoms with van der Waals surface area (Å²) in [4.78, 5) is 36.4. The molecule has 2 amide bonds. The molecule has 1 atom stereocenters. The van der Waals surface area contributed by atoms with Crippen molar-refractivity contribution in [3.8, 4) is 5.75 Å². The van der Waals surface area contributed by atoms with Crippen LogP contribution in [0, 0.1) is 17.0 Å². The largest absolute Gasteiger partial charge is 0.491 e. The number of nitro benzene ring substituents is 1. The number of para-hydroxylation sites is 1. The number of non-ortho nitro benzene ring substituents is 1. The first-order chi connectivity index (χ1) is 13.3. The van der Waals surface area contributed by atoms with Gasteiger partial charge in [-0.15, -0.1) is 0 Å². The van der Waals surface area contributed by atoms with Crippen LogP contribution in [0.25, 0.3) is 0 Å². The van der Waals surface area contributed by atoms with Crippen LogP contribution in [-0.2, 0) is 4.79 Å². The van der Waals surface area contributed by atoms with E-state index in [4.69, 9.17) is 4.74 Å². The van der Waals surface area contributed by atoms with E-state index in [0.717, 1.165) is 11.3 Å². The molecule has 0 saturated heterocycles. The number of nitrogens with zero attached hydrogens (tertiary/aromatic N) is 2. The Kier molecular flexibility index (Phi) is 7.08. The molecular formula is C20H23N3O5. The molecule has 8 nitrogen and oxygen atoms in total. The Morgan fingerprint density at radius 2 is 1.93 bits per heavy atom. The van der Waals surface area contributed by atoms with E-state index in [1.807, 2.05) is 31.2 Å². The highest BCUT2D eigenvalue weighted by molar-refractivity contribution is 5.97. The Bertz CT molecular complexity index is 868. The minimum absolute atomic E-state index is 0.124. The lowest BCUT2D eigenvalue weighted by Gasteiger charge is -2.22. The lowest BCUT2D eigenvalue weighted by atomic mass is 10.1. The Morgan fingerprint density at radius 1 is 1.21 bits per heavy atom. The van der Waals surface area contributed by atoms with Crippen molar-refractivity contribution >= 4 is 17.5 Å². The minimum Gasteiger partial charge on any atom is -0.491 e. The molecule has 0 bridgehead atoms. The monoisotopic (exact) mass is 385 g/mol. The van der Waals surface area contributed by atoms with Gasteiger partial charge < -0.3 is 15.0 Å². The number of hydrogen-bond donors (Lipinski definition) is 1. The van der Waals surface area contributed by atoms with Gasteiger partial charge in [-0.2, -0.15) is 0 Å². The Hall–Kier alpha value is -3.42. The lowest BCUT2D eigenvalue weighted by Crippen LogP contribution is -2.46. The highest BCUT2D eigenvalue weighted by Crippen LogP contribution is 2.16. The molecule has 28 heavy (non-hydrogen) atoms. The summed E-state index contributed by atoms with van der Waals surface area (Å²) in [6.07, 6.45) is 0. The van der Waals surface area contributed by atoms with E-state index in [-0.39, 0.29) is 17.2 Å². The van der Waals surface area contributed by atoms with Crippen LogP contribution in [0.15, 0.2) is 48.5 Å². The molecule has 1 N–H and O–H groups in total. The van der Waals surface area contributed by atoms with E-state index in [0.29, 0.717) is 13.2 Å². The smallest absolute Gasteiger partial charge is 0.270 e. The molecular weight excluding hydrogens is 362 g/mol. The van der Waals surface area contributed by atoms with Crippen LogP contribution in [0.4, 0.5) is 5.69 Å². The van der Waals surface area contributed by atoms with Gasteiger partial charge in [0.1, 0.15) is 18.4 Å². The van der Waals surface area contributed by atoms with E-state index in [2.05, 4.69) is 5.32 Å². The second kappa shape index (κ2) is 9.50. The third-order valence-electron chi connectivity index (χ3n) is 4.19. The molecule has 0 spiro atoms. The zero-order valence-electron chi connectivity index (χ0n) is 16.0. The molecule has 2 rings (SSSR count). The van der Waals surface area contributed by atoms with E-state index in [9.17, 15) is 19.7 Å².